The molecule has 2 atom stereocenters. The first-order valence-electron chi connectivity index (χ1n) is 6.75. The summed E-state index contributed by atoms with van der Waals surface area (Å²) in [5, 5.41) is 13.5. The maximum atomic E-state index is 13.2. The van der Waals surface area contributed by atoms with E-state index in [2.05, 4.69) is 10.3 Å². The highest BCUT2D eigenvalue weighted by molar-refractivity contribution is 7.09. The molecule has 2 unspecified atom stereocenters. The van der Waals surface area contributed by atoms with Crippen LogP contribution in [0.5, 0.6) is 0 Å². The molecule has 0 aliphatic heterocycles. The van der Waals surface area contributed by atoms with Gasteiger partial charge in [-0.25, -0.2) is 14.2 Å². The molecule has 1 aromatic carbocycles. The third kappa shape index (κ3) is 3.14. The Morgan fingerprint density at radius 1 is 1.45 bits per heavy atom. The van der Waals surface area contributed by atoms with Crippen LogP contribution < -0.4 is 5.32 Å². The monoisotopic (exact) mass is 320 g/mol. The number of carbonyl (C=O) groups excluding carboxylic acids is 1. The Balaban J connectivity index is 1.54. The summed E-state index contributed by atoms with van der Waals surface area (Å²) in [5.41, 5.74) is 0.820. The van der Waals surface area contributed by atoms with Gasteiger partial charge in [0, 0.05) is 11.3 Å². The summed E-state index contributed by atoms with van der Waals surface area (Å²) in [7, 11) is 0. The van der Waals surface area contributed by atoms with Gasteiger partial charge in [0.1, 0.15) is 10.8 Å². The standard InChI is InChI=1S/C15H13FN2O3S/c16-9-3-1-2-8(4-9)10-5-11(10)14(19)17-6-13-18-12(7-22-13)15(20)21/h1-4,7,10-11H,5-6H2,(H,17,19)(H,20,21). The van der Waals surface area contributed by atoms with Gasteiger partial charge in [0.25, 0.3) is 0 Å². The number of halogens is 1. The largest absolute Gasteiger partial charge is 0.476 e. The average Bonchev–Trinajstić information content (AvgIpc) is 3.15. The summed E-state index contributed by atoms with van der Waals surface area (Å²) in [4.78, 5) is 26.7. The van der Waals surface area contributed by atoms with Gasteiger partial charge in [-0.3, -0.25) is 4.79 Å². The van der Waals surface area contributed by atoms with E-state index >= 15 is 0 Å². The molecule has 1 amide bonds. The lowest BCUT2D eigenvalue weighted by molar-refractivity contribution is -0.122. The Hall–Kier alpha value is -2.28. The first kappa shape index (κ1) is 14.6. The number of hydrogen-bond acceptors (Lipinski definition) is 4. The van der Waals surface area contributed by atoms with E-state index in [1.54, 1.807) is 6.07 Å². The van der Waals surface area contributed by atoms with Crippen molar-refractivity contribution in [3.05, 3.63) is 51.7 Å². The number of nitrogens with one attached hydrogen (secondary N) is 1. The van der Waals surface area contributed by atoms with E-state index in [9.17, 15) is 14.0 Å². The average molecular weight is 320 g/mol. The number of nitrogens with zero attached hydrogens (tertiary/aromatic N) is 1. The van der Waals surface area contributed by atoms with Crippen LogP contribution in [0.2, 0.25) is 0 Å². The van der Waals surface area contributed by atoms with E-state index < -0.39 is 5.97 Å². The quantitative estimate of drug-likeness (QED) is 0.886. The van der Waals surface area contributed by atoms with E-state index in [0.29, 0.717) is 11.4 Å². The highest BCUT2D eigenvalue weighted by Crippen LogP contribution is 2.47. The third-order valence-electron chi connectivity index (χ3n) is 3.59. The number of rotatable bonds is 5. The van der Waals surface area contributed by atoms with Crippen LogP contribution in [0.1, 0.15) is 33.4 Å². The lowest BCUT2D eigenvalue weighted by atomic mass is 10.1. The third-order valence-corrected chi connectivity index (χ3v) is 4.44. The van der Waals surface area contributed by atoms with Crippen LogP contribution in [0.25, 0.3) is 0 Å². The molecule has 0 radical (unpaired) electrons. The van der Waals surface area contributed by atoms with Crippen LogP contribution in [-0.2, 0) is 11.3 Å². The fourth-order valence-electron chi connectivity index (χ4n) is 2.37. The Labute approximate surface area is 129 Å². The highest BCUT2D eigenvalue weighted by atomic mass is 32.1. The molecule has 1 aliphatic rings. The smallest absolute Gasteiger partial charge is 0.355 e. The van der Waals surface area contributed by atoms with Crippen LogP contribution in [0.15, 0.2) is 29.6 Å². The second-order valence-electron chi connectivity index (χ2n) is 5.15. The molecule has 3 rings (SSSR count). The van der Waals surface area contributed by atoms with Crippen molar-refractivity contribution < 1.29 is 19.1 Å². The molecule has 22 heavy (non-hydrogen) atoms. The van der Waals surface area contributed by atoms with Crippen molar-refractivity contribution >= 4 is 23.2 Å². The predicted molar refractivity (Wildman–Crippen MR) is 78.2 cm³/mol. The molecule has 7 heteroatoms. The van der Waals surface area contributed by atoms with Gasteiger partial charge in [0.05, 0.1) is 6.54 Å². The summed E-state index contributed by atoms with van der Waals surface area (Å²) >= 11 is 1.19. The van der Waals surface area contributed by atoms with Gasteiger partial charge in [-0.1, -0.05) is 12.1 Å². The minimum Gasteiger partial charge on any atom is -0.476 e. The minimum atomic E-state index is -1.08. The van der Waals surface area contributed by atoms with E-state index in [-0.39, 0.29) is 35.8 Å². The SMILES string of the molecule is O=C(O)c1csc(CNC(=O)C2CC2c2cccc(F)c2)n1. The lowest BCUT2D eigenvalue weighted by Gasteiger charge is -2.03. The number of hydrogen-bond donors (Lipinski definition) is 2. The van der Waals surface area contributed by atoms with Crippen molar-refractivity contribution in [2.24, 2.45) is 5.92 Å². The molecular weight excluding hydrogens is 307 g/mol. The second kappa shape index (κ2) is 5.84. The maximum absolute atomic E-state index is 13.2. The van der Waals surface area contributed by atoms with Gasteiger partial charge in [-0.05, 0) is 30.0 Å². The fraction of sp³-hybridized carbons (Fsp3) is 0.267. The summed E-state index contributed by atoms with van der Waals surface area (Å²) in [6.07, 6.45) is 0.702. The van der Waals surface area contributed by atoms with Crippen molar-refractivity contribution in [2.75, 3.05) is 0 Å². The molecular formula is C15H13FN2O3S. The molecule has 2 N–H and O–H groups in total. The molecule has 1 saturated carbocycles. The van der Waals surface area contributed by atoms with Crippen LogP contribution in [0, 0.1) is 11.7 Å². The van der Waals surface area contributed by atoms with Gasteiger partial charge in [-0.15, -0.1) is 11.3 Å². The zero-order valence-corrected chi connectivity index (χ0v) is 12.3. The summed E-state index contributed by atoms with van der Waals surface area (Å²) in [5.74, 6) is -1.58. The zero-order valence-electron chi connectivity index (χ0n) is 11.5. The van der Waals surface area contributed by atoms with Crippen molar-refractivity contribution in [2.45, 2.75) is 18.9 Å². The maximum Gasteiger partial charge on any atom is 0.355 e. The lowest BCUT2D eigenvalue weighted by Crippen LogP contribution is -2.24. The van der Waals surface area contributed by atoms with Gasteiger partial charge in [0.15, 0.2) is 5.69 Å². The van der Waals surface area contributed by atoms with E-state index in [0.717, 1.165) is 5.56 Å². The number of carboxylic acid groups (broad SMARTS) is 1. The molecule has 0 spiro atoms. The van der Waals surface area contributed by atoms with E-state index in [4.69, 9.17) is 5.11 Å². The molecule has 114 valence electrons. The number of aromatic nitrogens is 1. The molecule has 1 heterocycles. The Morgan fingerprint density at radius 2 is 2.27 bits per heavy atom. The predicted octanol–water partition coefficient (Wildman–Crippen LogP) is 2.40. The van der Waals surface area contributed by atoms with Crippen LogP contribution in [0.4, 0.5) is 4.39 Å². The minimum absolute atomic E-state index is 0.0155. The van der Waals surface area contributed by atoms with Crippen LogP contribution in [0.3, 0.4) is 0 Å². The van der Waals surface area contributed by atoms with Crippen LogP contribution in [-0.4, -0.2) is 22.0 Å². The molecule has 2 aromatic rings. The highest BCUT2D eigenvalue weighted by Gasteiger charge is 2.43. The second-order valence-corrected chi connectivity index (χ2v) is 6.10. The van der Waals surface area contributed by atoms with Gasteiger partial charge < -0.3 is 10.4 Å². The van der Waals surface area contributed by atoms with Crippen molar-refractivity contribution in [3.63, 3.8) is 0 Å². The molecule has 0 bridgehead atoms. The number of aromatic carboxylic acids is 1. The van der Waals surface area contributed by atoms with Crippen molar-refractivity contribution in [1.82, 2.24) is 10.3 Å². The summed E-state index contributed by atoms with van der Waals surface area (Å²) in [6, 6.07) is 6.29. The topological polar surface area (TPSA) is 79.3 Å². The molecule has 1 aromatic heterocycles. The Morgan fingerprint density at radius 3 is 2.95 bits per heavy atom. The van der Waals surface area contributed by atoms with Crippen molar-refractivity contribution in [1.29, 1.82) is 0 Å². The van der Waals surface area contributed by atoms with Gasteiger partial charge in [-0.2, -0.15) is 0 Å². The molecule has 1 aliphatic carbocycles. The normalized spacial score (nSPS) is 19.7. The fourth-order valence-corrected chi connectivity index (χ4v) is 3.08. The number of amides is 1. The van der Waals surface area contributed by atoms with E-state index in [1.165, 1.54) is 28.8 Å². The molecule has 0 saturated heterocycles. The Kier molecular flexibility index (Phi) is 3.89. The number of benzene rings is 1. The Bertz CT molecular complexity index is 731. The number of thiazole rings is 1. The summed E-state index contributed by atoms with van der Waals surface area (Å²) in [6.45, 7) is 0.211. The van der Waals surface area contributed by atoms with E-state index in [1.807, 2.05) is 6.07 Å². The van der Waals surface area contributed by atoms with Crippen LogP contribution >= 0.6 is 11.3 Å². The first-order valence-corrected chi connectivity index (χ1v) is 7.63. The molecule has 1 fully saturated rings. The van der Waals surface area contributed by atoms with Gasteiger partial charge >= 0.3 is 5.97 Å². The number of carbonyl (C=O) groups is 2. The van der Waals surface area contributed by atoms with Crippen molar-refractivity contribution in [3.8, 4) is 0 Å². The number of carboxylic acids is 1. The zero-order chi connectivity index (χ0) is 15.7. The van der Waals surface area contributed by atoms with Gasteiger partial charge in [0.2, 0.25) is 5.91 Å². The molecule has 5 nitrogen and oxygen atoms in total. The summed E-state index contributed by atoms with van der Waals surface area (Å²) < 4.78 is 13.2. The first-order chi connectivity index (χ1) is 10.5.